The van der Waals surface area contributed by atoms with Crippen LogP contribution < -0.4 is 9.47 Å². The molecule has 5 nitrogen and oxygen atoms in total. The molecule has 0 aliphatic heterocycles. The first-order valence-corrected chi connectivity index (χ1v) is 6.44. The van der Waals surface area contributed by atoms with E-state index >= 15 is 0 Å². The molecule has 0 N–H and O–H groups in total. The number of nitriles is 3. The van der Waals surface area contributed by atoms with E-state index in [1.54, 1.807) is 25.3 Å². The van der Waals surface area contributed by atoms with Gasteiger partial charge in [0.2, 0.25) is 0 Å². The molecule has 1 aromatic rings. The zero-order valence-electron chi connectivity index (χ0n) is 11.8. The van der Waals surface area contributed by atoms with Gasteiger partial charge in [-0.2, -0.15) is 15.8 Å². The Morgan fingerprint density at radius 3 is 2.52 bits per heavy atom. The lowest BCUT2D eigenvalue weighted by atomic mass is 10.1. The number of methoxy groups -OCH3 is 1. The average molecular weight is 281 g/mol. The lowest BCUT2D eigenvalue weighted by Crippen LogP contribution is -1.99. The molecule has 21 heavy (non-hydrogen) atoms. The van der Waals surface area contributed by atoms with E-state index in [-0.39, 0.29) is 5.57 Å². The van der Waals surface area contributed by atoms with Crippen LogP contribution in [0.2, 0.25) is 0 Å². The molecule has 5 heteroatoms. The van der Waals surface area contributed by atoms with Gasteiger partial charge in [-0.05, 0) is 36.6 Å². The monoisotopic (exact) mass is 281 g/mol. The van der Waals surface area contributed by atoms with E-state index in [1.807, 2.05) is 12.1 Å². The van der Waals surface area contributed by atoms with Gasteiger partial charge in [-0.1, -0.05) is 6.07 Å². The van der Waals surface area contributed by atoms with Gasteiger partial charge in [0.15, 0.2) is 11.5 Å². The maximum atomic E-state index is 8.76. The third kappa shape index (κ3) is 5.27. The summed E-state index contributed by atoms with van der Waals surface area (Å²) < 4.78 is 10.8. The van der Waals surface area contributed by atoms with Crippen LogP contribution in [0.15, 0.2) is 23.8 Å². The summed E-state index contributed by atoms with van der Waals surface area (Å²) in [4.78, 5) is 0. The van der Waals surface area contributed by atoms with Crippen molar-refractivity contribution in [2.45, 2.75) is 19.3 Å². The minimum Gasteiger partial charge on any atom is -0.493 e. The minimum atomic E-state index is 0.0279. The minimum absolute atomic E-state index is 0.0279. The van der Waals surface area contributed by atoms with Crippen LogP contribution in [0.5, 0.6) is 11.5 Å². The smallest absolute Gasteiger partial charge is 0.161 e. The van der Waals surface area contributed by atoms with Crippen molar-refractivity contribution in [3.63, 3.8) is 0 Å². The van der Waals surface area contributed by atoms with Gasteiger partial charge in [0.1, 0.15) is 17.7 Å². The van der Waals surface area contributed by atoms with Crippen LogP contribution in [0, 0.1) is 34.0 Å². The maximum absolute atomic E-state index is 8.76. The van der Waals surface area contributed by atoms with Crippen LogP contribution in [0.25, 0.3) is 6.08 Å². The van der Waals surface area contributed by atoms with Crippen LogP contribution in [-0.4, -0.2) is 13.7 Å². The first kappa shape index (κ1) is 16.1. The Morgan fingerprint density at radius 2 is 1.90 bits per heavy atom. The molecule has 0 aromatic heterocycles. The van der Waals surface area contributed by atoms with E-state index in [9.17, 15) is 0 Å². The van der Waals surface area contributed by atoms with Gasteiger partial charge in [-0.15, -0.1) is 0 Å². The molecule has 106 valence electrons. The van der Waals surface area contributed by atoms with E-state index in [2.05, 4.69) is 6.07 Å². The van der Waals surface area contributed by atoms with Crippen LogP contribution in [-0.2, 0) is 0 Å². The Bertz CT molecular complexity index is 614. The number of allylic oxidation sites excluding steroid dienone is 1. The second-order valence-corrected chi connectivity index (χ2v) is 4.16. The Kier molecular flexibility index (Phi) is 6.91. The number of ether oxygens (including phenoxy) is 2. The SMILES string of the molecule is COc1ccc(C=C(C#N)C#N)cc1OCCCCC#N. The fourth-order valence-corrected chi connectivity index (χ4v) is 1.64. The predicted octanol–water partition coefficient (Wildman–Crippen LogP) is 3.20. The molecule has 0 saturated heterocycles. The highest BCUT2D eigenvalue weighted by Crippen LogP contribution is 2.29. The second kappa shape index (κ2) is 9.02. The van der Waals surface area contributed by atoms with Crippen LogP contribution >= 0.6 is 0 Å². The van der Waals surface area contributed by atoms with Gasteiger partial charge in [-0.25, -0.2) is 0 Å². The molecule has 0 aliphatic rings. The Balaban J connectivity index is 2.82. The number of unbranched alkanes of at least 4 members (excludes halogenated alkanes) is 2. The van der Waals surface area contributed by atoms with Gasteiger partial charge in [-0.3, -0.25) is 0 Å². The number of benzene rings is 1. The molecular formula is C16H15N3O2. The molecule has 0 spiro atoms. The molecule has 0 unspecified atom stereocenters. The largest absolute Gasteiger partial charge is 0.493 e. The third-order valence-corrected chi connectivity index (χ3v) is 2.68. The Morgan fingerprint density at radius 1 is 1.14 bits per heavy atom. The zero-order valence-corrected chi connectivity index (χ0v) is 11.8. The van der Waals surface area contributed by atoms with Crippen molar-refractivity contribution in [3.05, 3.63) is 29.3 Å². The molecule has 0 bridgehead atoms. The van der Waals surface area contributed by atoms with Gasteiger partial charge < -0.3 is 9.47 Å². The topological polar surface area (TPSA) is 89.8 Å². The third-order valence-electron chi connectivity index (χ3n) is 2.68. The highest BCUT2D eigenvalue weighted by molar-refractivity contribution is 5.64. The summed E-state index contributed by atoms with van der Waals surface area (Å²) in [5, 5.41) is 26.0. The summed E-state index contributed by atoms with van der Waals surface area (Å²) in [5.74, 6) is 1.14. The van der Waals surface area contributed by atoms with Crippen molar-refractivity contribution >= 4 is 6.08 Å². The summed E-state index contributed by atoms with van der Waals surface area (Å²) in [7, 11) is 1.55. The molecule has 0 atom stereocenters. The highest BCUT2D eigenvalue weighted by Gasteiger charge is 2.05. The van der Waals surface area contributed by atoms with E-state index in [0.29, 0.717) is 30.1 Å². The van der Waals surface area contributed by atoms with Crippen molar-refractivity contribution in [1.82, 2.24) is 0 Å². The first-order valence-electron chi connectivity index (χ1n) is 6.44. The van der Waals surface area contributed by atoms with Crippen LogP contribution in [0.4, 0.5) is 0 Å². The first-order chi connectivity index (χ1) is 10.2. The molecule has 0 saturated carbocycles. The summed E-state index contributed by atoms with van der Waals surface area (Å²) >= 11 is 0. The molecule has 0 aliphatic carbocycles. The lowest BCUT2D eigenvalue weighted by Gasteiger charge is -2.11. The van der Waals surface area contributed by atoms with Gasteiger partial charge in [0.05, 0.1) is 19.8 Å². The number of hydrogen-bond donors (Lipinski definition) is 0. The molecular weight excluding hydrogens is 266 g/mol. The average Bonchev–Trinajstić information content (AvgIpc) is 2.52. The molecule has 0 amide bonds. The summed E-state index contributed by atoms with van der Waals surface area (Å²) in [6, 6.07) is 10.9. The molecule has 0 fully saturated rings. The Hall–Kier alpha value is -2.97. The number of rotatable bonds is 7. The zero-order chi connectivity index (χ0) is 15.5. The van der Waals surface area contributed by atoms with Gasteiger partial charge in [0, 0.05) is 6.42 Å². The fraction of sp³-hybridized carbons (Fsp3) is 0.312. The standard InChI is InChI=1S/C16H15N3O2/c1-20-15-6-5-13(9-14(11-18)12-19)10-16(15)21-8-4-2-3-7-17/h5-6,9-10H,2-4,8H2,1H3. The van der Waals surface area contributed by atoms with Gasteiger partial charge in [0.25, 0.3) is 0 Å². The van der Waals surface area contributed by atoms with Crippen LogP contribution in [0.3, 0.4) is 0 Å². The van der Waals surface area contributed by atoms with E-state index < -0.39 is 0 Å². The van der Waals surface area contributed by atoms with Crippen molar-refractivity contribution in [2.24, 2.45) is 0 Å². The van der Waals surface area contributed by atoms with Gasteiger partial charge >= 0.3 is 0 Å². The molecule has 0 heterocycles. The van der Waals surface area contributed by atoms with Crippen molar-refractivity contribution in [1.29, 1.82) is 15.8 Å². The summed E-state index contributed by atoms with van der Waals surface area (Å²) in [5.41, 5.74) is 0.723. The summed E-state index contributed by atoms with van der Waals surface area (Å²) in [6.07, 6.45) is 3.56. The highest BCUT2D eigenvalue weighted by atomic mass is 16.5. The molecule has 1 rings (SSSR count). The van der Waals surface area contributed by atoms with Crippen molar-refractivity contribution < 1.29 is 9.47 Å². The van der Waals surface area contributed by atoms with Crippen LogP contribution in [0.1, 0.15) is 24.8 Å². The predicted molar refractivity (Wildman–Crippen MR) is 77.2 cm³/mol. The number of hydrogen-bond acceptors (Lipinski definition) is 5. The summed E-state index contributed by atoms with van der Waals surface area (Å²) in [6.45, 7) is 0.481. The lowest BCUT2D eigenvalue weighted by molar-refractivity contribution is 0.287. The second-order valence-electron chi connectivity index (χ2n) is 4.16. The quantitative estimate of drug-likeness (QED) is 0.565. The van der Waals surface area contributed by atoms with Crippen molar-refractivity contribution in [3.8, 4) is 29.7 Å². The molecule has 1 aromatic carbocycles. The van der Waals surface area contributed by atoms with E-state index in [4.69, 9.17) is 25.3 Å². The van der Waals surface area contributed by atoms with E-state index in [1.165, 1.54) is 6.08 Å². The fourth-order valence-electron chi connectivity index (χ4n) is 1.64. The normalized spacial score (nSPS) is 8.86. The number of nitrogens with zero attached hydrogens (tertiary/aromatic N) is 3. The van der Waals surface area contributed by atoms with Crippen molar-refractivity contribution in [2.75, 3.05) is 13.7 Å². The molecule has 0 radical (unpaired) electrons. The van der Waals surface area contributed by atoms with E-state index in [0.717, 1.165) is 12.8 Å². The Labute approximate surface area is 124 Å². The maximum Gasteiger partial charge on any atom is 0.161 e.